The number of hydrogen-bond donors (Lipinski definition) is 1. The van der Waals surface area contributed by atoms with Gasteiger partial charge in [0.2, 0.25) is 11.3 Å². The predicted octanol–water partition coefficient (Wildman–Crippen LogP) is 2.80. The largest absolute Gasteiger partial charge is 0.294 e. The molecule has 0 radical (unpaired) electrons. The Morgan fingerprint density at radius 3 is 1.50 bits per heavy atom. The Labute approximate surface area is 90.3 Å². The van der Waals surface area contributed by atoms with E-state index in [4.69, 9.17) is 0 Å². The molecule has 0 rings (SSSR count). The molecule has 86 valence electrons. The third-order valence-electron chi connectivity index (χ3n) is 2.99. The lowest BCUT2D eigenvalue weighted by atomic mass is 9.93. The van der Waals surface area contributed by atoms with E-state index in [1.807, 2.05) is 41.5 Å². The van der Waals surface area contributed by atoms with Crippen molar-refractivity contribution >= 4 is 11.3 Å². The second-order valence-corrected chi connectivity index (χ2v) is 5.68. The normalized spacial score (nSPS) is 16.0. The van der Waals surface area contributed by atoms with Gasteiger partial charge in [0.15, 0.2) is 0 Å². The topological polar surface area (TPSA) is 40.5 Å². The molecule has 0 bridgehead atoms. The summed E-state index contributed by atoms with van der Waals surface area (Å²) in [6.45, 7) is 12.1. The van der Waals surface area contributed by atoms with Gasteiger partial charge in [-0.25, -0.2) is 4.21 Å². The molecule has 14 heavy (non-hydrogen) atoms. The van der Waals surface area contributed by atoms with Crippen LogP contribution < -0.4 is 0 Å². The molecule has 0 saturated heterocycles. The van der Waals surface area contributed by atoms with Gasteiger partial charge in [-0.15, -0.1) is 0 Å². The lowest BCUT2D eigenvalue weighted by Crippen LogP contribution is -2.55. The van der Waals surface area contributed by atoms with Gasteiger partial charge in [-0.1, -0.05) is 13.8 Å². The predicted molar refractivity (Wildman–Crippen MR) is 61.4 cm³/mol. The molecule has 0 aromatic carbocycles. The van der Waals surface area contributed by atoms with E-state index >= 15 is 0 Å². The van der Waals surface area contributed by atoms with E-state index in [1.165, 1.54) is 0 Å². The quantitative estimate of drug-likeness (QED) is 0.725. The van der Waals surface area contributed by atoms with Crippen molar-refractivity contribution in [2.45, 2.75) is 65.5 Å². The van der Waals surface area contributed by atoms with Crippen molar-refractivity contribution in [3.8, 4) is 0 Å². The minimum Gasteiger partial charge on any atom is -0.294 e. The highest BCUT2D eigenvalue weighted by atomic mass is 32.2. The lowest BCUT2D eigenvalue weighted by molar-refractivity contribution is 0.102. The Hall–Kier alpha value is 0.0700. The maximum Gasteiger partial charge on any atom is 0.235 e. The second-order valence-electron chi connectivity index (χ2n) is 4.86. The van der Waals surface area contributed by atoms with Gasteiger partial charge in [-0.3, -0.25) is 4.55 Å². The first kappa shape index (κ1) is 14.1. The minimum absolute atomic E-state index is 0.251. The summed E-state index contributed by atoms with van der Waals surface area (Å²) < 4.78 is 22.4. The third-order valence-corrected chi connectivity index (χ3v) is 4.29. The van der Waals surface area contributed by atoms with Gasteiger partial charge in [0.1, 0.15) is 0 Å². The summed E-state index contributed by atoms with van der Waals surface area (Å²) in [5.41, 5.74) is -0.502. The highest BCUT2D eigenvalue weighted by Crippen LogP contribution is 2.31. The molecular weight excluding hydrogens is 198 g/mol. The Balaban J connectivity index is 5.06. The minimum atomic E-state index is -1.91. The number of nitrogens with zero attached hydrogens (tertiary/aromatic N) is 1. The van der Waals surface area contributed by atoms with E-state index < -0.39 is 11.3 Å². The fraction of sp³-hybridized carbons (Fsp3) is 1.00. The van der Waals surface area contributed by atoms with E-state index in [1.54, 1.807) is 4.31 Å². The Kier molecular flexibility index (Phi) is 4.75. The Morgan fingerprint density at radius 1 is 1.07 bits per heavy atom. The highest BCUT2D eigenvalue weighted by molar-refractivity contribution is 7.76. The van der Waals surface area contributed by atoms with Gasteiger partial charge in [0.05, 0.1) is 0 Å². The average Bonchev–Trinajstić information content (AvgIpc) is 2.02. The van der Waals surface area contributed by atoms with E-state index in [2.05, 4.69) is 0 Å². The first-order valence-corrected chi connectivity index (χ1v) is 6.16. The zero-order chi connectivity index (χ0) is 11.6. The number of hydrogen-bond acceptors (Lipinski definition) is 1. The maximum atomic E-state index is 11.3. The molecule has 0 heterocycles. The molecule has 3 nitrogen and oxygen atoms in total. The average molecular weight is 221 g/mol. The SMILES string of the molecule is CCC(C)(C)N(S(=O)O)C(C)(C)CC. The van der Waals surface area contributed by atoms with Crippen LogP contribution in [0.1, 0.15) is 54.4 Å². The van der Waals surface area contributed by atoms with Crippen LogP contribution >= 0.6 is 0 Å². The van der Waals surface area contributed by atoms with Crippen LogP contribution in [0.3, 0.4) is 0 Å². The molecule has 0 amide bonds. The monoisotopic (exact) mass is 221 g/mol. The molecule has 1 unspecified atom stereocenters. The van der Waals surface area contributed by atoms with Crippen molar-refractivity contribution < 1.29 is 8.76 Å². The smallest absolute Gasteiger partial charge is 0.235 e. The van der Waals surface area contributed by atoms with Crippen LogP contribution in [0.2, 0.25) is 0 Å². The first-order valence-electron chi connectivity index (χ1n) is 5.10. The first-order chi connectivity index (χ1) is 6.19. The maximum absolute atomic E-state index is 11.3. The second kappa shape index (κ2) is 4.73. The van der Waals surface area contributed by atoms with Crippen LogP contribution in [0.4, 0.5) is 0 Å². The van der Waals surface area contributed by atoms with Gasteiger partial charge >= 0.3 is 0 Å². The standard InChI is InChI=1S/C10H23NO2S/c1-7-9(3,4)11(14(12)13)10(5,6)8-2/h7-8H2,1-6H3,(H,12,13). The highest BCUT2D eigenvalue weighted by Gasteiger charge is 2.39. The van der Waals surface area contributed by atoms with Crippen LogP contribution in [-0.4, -0.2) is 24.1 Å². The molecule has 1 N–H and O–H groups in total. The summed E-state index contributed by atoms with van der Waals surface area (Å²) in [4.78, 5) is 0. The van der Waals surface area contributed by atoms with Crippen LogP contribution in [-0.2, 0) is 11.3 Å². The Bertz CT molecular complexity index is 198. The summed E-state index contributed by atoms with van der Waals surface area (Å²) in [6.07, 6.45) is 1.70. The van der Waals surface area contributed by atoms with E-state index in [0.717, 1.165) is 12.8 Å². The van der Waals surface area contributed by atoms with Crippen molar-refractivity contribution in [2.75, 3.05) is 0 Å². The van der Waals surface area contributed by atoms with Crippen molar-refractivity contribution in [2.24, 2.45) is 0 Å². The van der Waals surface area contributed by atoms with Crippen molar-refractivity contribution in [1.29, 1.82) is 0 Å². The van der Waals surface area contributed by atoms with Gasteiger partial charge < -0.3 is 0 Å². The van der Waals surface area contributed by atoms with E-state index in [9.17, 15) is 8.76 Å². The molecule has 0 saturated carbocycles. The molecule has 0 aliphatic rings. The third kappa shape index (κ3) is 3.04. The summed E-state index contributed by atoms with van der Waals surface area (Å²) in [5.74, 6) is 0. The lowest BCUT2D eigenvalue weighted by Gasteiger charge is -2.44. The zero-order valence-electron chi connectivity index (χ0n) is 10.1. The van der Waals surface area contributed by atoms with Crippen molar-refractivity contribution in [3.63, 3.8) is 0 Å². The molecule has 0 aromatic heterocycles. The van der Waals surface area contributed by atoms with Crippen molar-refractivity contribution in [3.05, 3.63) is 0 Å². The van der Waals surface area contributed by atoms with E-state index in [0.29, 0.717) is 0 Å². The molecule has 1 atom stereocenters. The fourth-order valence-corrected chi connectivity index (χ4v) is 2.63. The van der Waals surface area contributed by atoms with Crippen LogP contribution in [0.15, 0.2) is 0 Å². The summed E-state index contributed by atoms with van der Waals surface area (Å²) in [5, 5.41) is 0. The van der Waals surface area contributed by atoms with Crippen LogP contribution in [0.25, 0.3) is 0 Å². The molecule has 0 aromatic rings. The molecule has 0 aliphatic heterocycles. The molecular formula is C10H23NO2S. The van der Waals surface area contributed by atoms with Crippen LogP contribution in [0.5, 0.6) is 0 Å². The summed E-state index contributed by atoms with van der Waals surface area (Å²) in [6, 6.07) is 0. The molecule has 0 fully saturated rings. The summed E-state index contributed by atoms with van der Waals surface area (Å²) >= 11 is -1.91. The zero-order valence-corrected chi connectivity index (χ0v) is 10.9. The van der Waals surface area contributed by atoms with Gasteiger partial charge in [0.25, 0.3) is 0 Å². The van der Waals surface area contributed by atoms with Gasteiger partial charge in [0, 0.05) is 11.1 Å². The number of rotatable bonds is 5. The Morgan fingerprint density at radius 2 is 1.36 bits per heavy atom. The van der Waals surface area contributed by atoms with E-state index in [-0.39, 0.29) is 11.1 Å². The molecule has 0 spiro atoms. The summed E-state index contributed by atoms with van der Waals surface area (Å²) in [7, 11) is 0. The van der Waals surface area contributed by atoms with Gasteiger partial charge in [-0.2, -0.15) is 4.31 Å². The molecule has 0 aliphatic carbocycles. The van der Waals surface area contributed by atoms with Crippen LogP contribution in [0, 0.1) is 0 Å². The fourth-order valence-electron chi connectivity index (χ4n) is 1.53. The molecule has 4 heteroatoms. The van der Waals surface area contributed by atoms with Gasteiger partial charge in [-0.05, 0) is 40.5 Å². The van der Waals surface area contributed by atoms with Crippen molar-refractivity contribution in [1.82, 2.24) is 4.31 Å².